The van der Waals surface area contributed by atoms with E-state index >= 15 is 0 Å². The van der Waals surface area contributed by atoms with Crippen molar-refractivity contribution in [3.63, 3.8) is 0 Å². The summed E-state index contributed by atoms with van der Waals surface area (Å²) >= 11 is 0. The summed E-state index contributed by atoms with van der Waals surface area (Å²) in [7, 11) is -3.53. The maximum Gasteiger partial charge on any atom is 0.317 e. The minimum absolute atomic E-state index is 0.0748. The van der Waals surface area contributed by atoms with Crippen LogP contribution in [0, 0.1) is 0 Å². The summed E-state index contributed by atoms with van der Waals surface area (Å²) in [6.45, 7) is 7.27. The van der Waals surface area contributed by atoms with Gasteiger partial charge >= 0.3 is 16.1 Å². The molecule has 0 aliphatic heterocycles. The van der Waals surface area contributed by atoms with E-state index < -0.39 is 10.1 Å². The van der Waals surface area contributed by atoms with Crippen LogP contribution in [0.25, 0.3) is 0 Å². The Labute approximate surface area is 145 Å². The molecule has 1 aromatic carbocycles. The molecule has 0 aliphatic rings. The minimum Gasteiger partial charge on any atom is -0.383 e. The average Bonchev–Trinajstić information content (AvgIpc) is 2.52. The summed E-state index contributed by atoms with van der Waals surface area (Å²) < 4.78 is 27.1. The van der Waals surface area contributed by atoms with E-state index in [1.807, 2.05) is 13.8 Å². The van der Waals surface area contributed by atoms with Gasteiger partial charge in [0, 0.05) is 19.1 Å². The second kappa shape index (κ2) is 9.52. The van der Waals surface area contributed by atoms with E-state index in [9.17, 15) is 13.2 Å². The van der Waals surface area contributed by atoms with Crippen LogP contribution in [0.4, 0.5) is 4.79 Å². The largest absolute Gasteiger partial charge is 0.383 e. The van der Waals surface area contributed by atoms with Crippen LogP contribution in [0.1, 0.15) is 45.6 Å². The second-order valence-electron chi connectivity index (χ2n) is 5.90. The molecular weight excluding hydrogens is 328 g/mol. The number of hydrogen-bond acceptors (Lipinski definition) is 4. The van der Waals surface area contributed by atoms with Crippen molar-refractivity contribution in [2.24, 2.45) is 0 Å². The number of unbranched alkanes of at least 4 members (excludes halogenated alkanes) is 1. The van der Waals surface area contributed by atoms with Gasteiger partial charge in [0.25, 0.3) is 0 Å². The standard InChI is InChI=1S/C17H28N2O4S/c1-5-7-12-18-17(20)19(14(3)6-2)13-15-8-10-16(11-9-15)23-24(4,21)22/h8-11,14H,5-7,12-13H2,1-4H3,(H,18,20)/t14-/m0/s1. The molecule has 1 atom stereocenters. The monoisotopic (exact) mass is 356 g/mol. The molecule has 0 aromatic heterocycles. The number of nitrogens with zero attached hydrogens (tertiary/aromatic N) is 1. The number of nitrogens with one attached hydrogen (secondary N) is 1. The molecule has 6 nitrogen and oxygen atoms in total. The molecule has 1 aromatic rings. The van der Waals surface area contributed by atoms with Gasteiger partial charge in [-0.3, -0.25) is 0 Å². The van der Waals surface area contributed by atoms with Crippen molar-refractivity contribution >= 4 is 16.1 Å². The van der Waals surface area contributed by atoms with Crippen molar-refractivity contribution < 1.29 is 17.4 Å². The lowest BCUT2D eigenvalue weighted by Gasteiger charge is -2.29. The lowest BCUT2D eigenvalue weighted by molar-refractivity contribution is 0.173. The van der Waals surface area contributed by atoms with E-state index in [1.165, 1.54) is 0 Å². The van der Waals surface area contributed by atoms with Gasteiger partial charge in [-0.25, -0.2) is 4.79 Å². The van der Waals surface area contributed by atoms with Crippen molar-refractivity contribution in [1.29, 1.82) is 0 Å². The first-order valence-corrected chi connectivity index (χ1v) is 10.1. The van der Waals surface area contributed by atoms with Crippen LogP contribution < -0.4 is 9.50 Å². The Hall–Kier alpha value is -1.76. The summed E-state index contributed by atoms with van der Waals surface area (Å²) in [5, 5.41) is 2.94. The van der Waals surface area contributed by atoms with Gasteiger partial charge in [-0.1, -0.05) is 32.4 Å². The van der Waals surface area contributed by atoms with Crippen LogP contribution in [-0.2, 0) is 16.7 Å². The fourth-order valence-electron chi connectivity index (χ4n) is 2.14. The molecular formula is C17H28N2O4S. The maximum atomic E-state index is 12.4. The van der Waals surface area contributed by atoms with E-state index in [2.05, 4.69) is 12.2 Å². The highest BCUT2D eigenvalue weighted by Gasteiger charge is 2.19. The molecule has 0 radical (unpaired) electrons. The maximum absolute atomic E-state index is 12.4. The van der Waals surface area contributed by atoms with Gasteiger partial charge in [0.15, 0.2) is 0 Å². The van der Waals surface area contributed by atoms with Crippen LogP contribution in [0.2, 0.25) is 0 Å². The van der Waals surface area contributed by atoms with E-state index in [4.69, 9.17) is 4.18 Å². The average molecular weight is 356 g/mol. The molecule has 0 saturated carbocycles. The molecule has 0 saturated heterocycles. The summed E-state index contributed by atoms with van der Waals surface area (Å²) in [6.07, 6.45) is 3.85. The molecule has 24 heavy (non-hydrogen) atoms. The van der Waals surface area contributed by atoms with Gasteiger partial charge in [0.1, 0.15) is 5.75 Å². The third kappa shape index (κ3) is 7.21. The molecule has 0 bridgehead atoms. The molecule has 7 heteroatoms. The van der Waals surface area contributed by atoms with Crippen LogP contribution in [0.15, 0.2) is 24.3 Å². The van der Waals surface area contributed by atoms with Crippen LogP contribution in [-0.4, -0.2) is 38.2 Å². The molecule has 0 spiro atoms. The zero-order chi connectivity index (χ0) is 18.2. The quantitative estimate of drug-likeness (QED) is 0.545. The van der Waals surface area contributed by atoms with Crippen molar-refractivity contribution in [2.45, 2.75) is 52.6 Å². The van der Waals surface area contributed by atoms with Crippen LogP contribution in [0.3, 0.4) is 0 Å². The van der Waals surface area contributed by atoms with Crippen LogP contribution >= 0.6 is 0 Å². The number of urea groups is 1. The fourth-order valence-corrected chi connectivity index (χ4v) is 2.60. The third-order valence-corrected chi connectivity index (χ3v) is 4.21. The lowest BCUT2D eigenvalue weighted by atomic mass is 10.1. The lowest BCUT2D eigenvalue weighted by Crippen LogP contribution is -2.44. The number of rotatable bonds is 9. The second-order valence-corrected chi connectivity index (χ2v) is 7.48. The van der Waals surface area contributed by atoms with Gasteiger partial charge in [-0.05, 0) is 37.5 Å². The number of benzene rings is 1. The molecule has 0 heterocycles. The van der Waals surface area contributed by atoms with Crippen LogP contribution in [0.5, 0.6) is 5.75 Å². The van der Waals surface area contributed by atoms with Crippen molar-refractivity contribution in [1.82, 2.24) is 10.2 Å². The van der Waals surface area contributed by atoms with E-state index in [0.29, 0.717) is 13.1 Å². The summed E-state index contributed by atoms with van der Waals surface area (Å²) in [5.74, 6) is 0.267. The minimum atomic E-state index is -3.53. The van der Waals surface area contributed by atoms with Crippen molar-refractivity contribution in [3.8, 4) is 5.75 Å². The molecule has 1 N–H and O–H groups in total. The molecule has 2 amide bonds. The van der Waals surface area contributed by atoms with Gasteiger partial charge < -0.3 is 14.4 Å². The summed E-state index contributed by atoms with van der Waals surface area (Å²) in [6, 6.07) is 6.78. The zero-order valence-electron chi connectivity index (χ0n) is 14.9. The van der Waals surface area contributed by atoms with Gasteiger partial charge in [-0.2, -0.15) is 8.42 Å². The van der Waals surface area contributed by atoms with E-state index in [0.717, 1.165) is 31.1 Å². The van der Waals surface area contributed by atoms with Crippen molar-refractivity contribution in [2.75, 3.05) is 12.8 Å². The predicted octanol–water partition coefficient (Wildman–Crippen LogP) is 3.14. The summed E-state index contributed by atoms with van der Waals surface area (Å²) in [5.41, 5.74) is 0.918. The molecule has 0 aliphatic carbocycles. The third-order valence-electron chi connectivity index (χ3n) is 3.71. The first kappa shape index (κ1) is 20.3. The fraction of sp³-hybridized carbons (Fsp3) is 0.588. The topological polar surface area (TPSA) is 75.7 Å². The highest BCUT2D eigenvalue weighted by atomic mass is 32.2. The normalized spacial score (nSPS) is 12.5. The van der Waals surface area contributed by atoms with E-state index in [1.54, 1.807) is 29.2 Å². The molecule has 0 unspecified atom stereocenters. The first-order chi connectivity index (χ1) is 11.3. The highest BCUT2D eigenvalue weighted by molar-refractivity contribution is 7.86. The molecule has 0 fully saturated rings. The molecule has 1 rings (SSSR count). The Balaban J connectivity index is 2.77. The number of carbonyl (C=O) groups excluding carboxylic acids is 1. The van der Waals surface area contributed by atoms with Gasteiger partial charge in [0.2, 0.25) is 0 Å². The Morgan fingerprint density at radius 2 is 1.88 bits per heavy atom. The zero-order valence-corrected chi connectivity index (χ0v) is 15.7. The van der Waals surface area contributed by atoms with E-state index in [-0.39, 0.29) is 17.8 Å². The smallest absolute Gasteiger partial charge is 0.317 e. The van der Waals surface area contributed by atoms with Gasteiger partial charge in [0.05, 0.1) is 6.26 Å². The number of carbonyl (C=O) groups is 1. The Morgan fingerprint density at radius 3 is 2.38 bits per heavy atom. The first-order valence-electron chi connectivity index (χ1n) is 8.29. The Bertz CT molecular complexity index is 614. The van der Waals surface area contributed by atoms with Crippen molar-refractivity contribution in [3.05, 3.63) is 29.8 Å². The SMILES string of the molecule is CCCCNC(=O)N(Cc1ccc(OS(C)(=O)=O)cc1)[C@@H](C)CC. The highest BCUT2D eigenvalue weighted by Crippen LogP contribution is 2.17. The van der Waals surface area contributed by atoms with Gasteiger partial charge in [-0.15, -0.1) is 0 Å². The predicted molar refractivity (Wildman–Crippen MR) is 95.5 cm³/mol. The number of amides is 2. The Morgan fingerprint density at radius 1 is 1.25 bits per heavy atom. The summed E-state index contributed by atoms with van der Waals surface area (Å²) in [4.78, 5) is 14.2. The Kier molecular flexibility index (Phi) is 8.04. The number of hydrogen-bond donors (Lipinski definition) is 1. The molecule has 136 valence electrons.